The first-order valence-corrected chi connectivity index (χ1v) is 6.10. The van der Waals surface area contributed by atoms with Gasteiger partial charge in [-0.2, -0.15) is 0 Å². The number of Topliss-reactive ketones (excluding diaryl/α,β-unsaturated/α-hetero) is 1. The van der Waals surface area contributed by atoms with Crippen LogP contribution in [0.4, 0.5) is 0 Å². The minimum Gasteiger partial charge on any atom is -0.298 e. The van der Waals surface area contributed by atoms with Crippen molar-refractivity contribution >= 4 is 27.2 Å². The highest BCUT2D eigenvalue weighted by Gasteiger charge is 2.35. The SMILES string of the molecule is O=C(CCl)CCS(=O)(=O)C1CC1. The second kappa shape index (κ2) is 3.75. The summed E-state index contributed by atoms with van der Waals surface area (Å²) >= 11 is 5.23. The van der Waals surface area contributed by atoms with Gasteiger partial charge in [0.05, 0.1) is 16.9 Å². The Morgan fingerprint density at radius 2 is 2.00 bits per heavy atom. The maximum Gasteiger partial charge on any atom is 0.153 e. The summed E-state index contributed by atoms with van der Waals surface area (Å²) in [7, 11) is -2.97. The average Bonchev–Trinajstić information content (AvgIpc) is 2.82. The molecule has 0 amide bonds. The molecule has 0 spiro atoms. The molecule has 0 aromatic rings. The van der Waals surface area contributed by atoms with Crippen molar-refractivity contribution in [2.75, 3.05) is 11.6 Å². The highest BCUT2D eigenvalue weighted by atomic mass is 35.5. The predicted molar refractivity (Wildman–Crippen MR) is 47.2 cm³/mol. The Kier molecular flexibility index (Phi) is 3.12. The Labute approximate surface area is 77.0 Å². The predicted octanol–water partition coefficient (Wildman–Crippen LogP) is 0.762. The van der Waals surface area contributed by atoms with Gasteiger partial charge in [-0.15, -0.1) is 11.6 Å². The molecule has 1 rings (SSSR count). The first kappa shape index (κ1) is 9.99. The molecule has 1 saturated carbocycles. The van der Waals surface area contributed by atoms with Crippen LogP contribution < -0.4 is 0 Å². The fraction of sp³-hybridized carbons (Fsp3) is 0.857. The number of halogens is 1. The highest BCUT2D eigenvalue weighted by Crippen LogP contribution is 2.29. The lowest BCUT2D eigenvalue weighted by Crippen LogP contribution is -2.15. The summed E-state index contributed by atoms with van der Waals surface area (Å²) < 4.78 is 22.4. The fourth-order valence-electron chi connectivity index (χ4n) is 0.917. The van der Waals surface area contributed by atoms with Crippen LogP contribution in [0, 0.1) is 0 Å². The van der Waals surface area contributed by atoms with E-state index in [9.17, 15) is 13.2 Å². The molecule has 0 aromatic heterocycles. The summed E-state index contributed by atoms with van der Waals surface area (Å²) in [5, 5.41) is -0.166. The van der Waals surface area contributed by atoms with Crippen molar-refractivity contribution in [1.82, 2.24) is 0 Å². The van der Waals surface area contributed by atoms with E-state index in [0.29, 0.717) is 0 Å². The van der Waals surface area contributed by atoms with Gasteiger partial charge < -0.3 is 0 Å². The number of ketones is 1. The standard InChI is InChI=1S/C7H11ClO3S/c8-5-6(9)3-4-12(10,11)7-1-2-7/h7H,1-5H2. The fourth-order valence-corrected chi connectivity index (χ4v) is 2.75. The van der Waals surface area contributed by atoms with E-state index in [-0.39, 0.29) is 29.1 Å². The second-order valence-electron chi connectivity index (χ2n) is 2.99. The third-order valence-electron chi connectivity index (χ3n) is 1.85. The number of sulfone groups is 1. The van der Waals surface area contributed by atoms with E-state index in [1.165, 1.54) is 0 Å². The van der Waals surface area contributed by atoms with Gasteiger partial charge in [-0.3, -0.25) is 4.79 Å². The van der Waals surface area contributed by atoms with Crippen molar-refractivity contribution in [1.29, 1.82) is 0 Å². The molecule has 0 unspecified atom stereocenters. The molecular formula is C7H11ClO3S. The Morgan fingerprint density at radius 1 is 1.42 bits per heavy atom. The van der Waals surface area contributed by atoms with Crippen LogP contribution in [-0.4, -0.2) is 31.1 Å². The number of hydrogen-bond donors (Lipinski definition) is 0. The topological polar surface area (TPSA) is 51.2 Å². The molecule has 1 aliphatic rings. The molecule has 5 heteroatoms. The Bertz CT molecular complexity index is 266. The van der Waals surface area contributed by atoms with Crippen molar-refractivity contribution in [2.24, 2.45) is 0 Å². The third kappa shape index (κ3) is 2.75. The molecule has 0 aliphatic heterocycles. The first-order chi connectivity index (χ1) is 5.56. The molecule has 70 valence electrons. The second-order valence-corrected chi connectivity index (χ2v) is 5.66. The van der Waals surface area contributed by atoms with Gasteiger partial charge >= 0.3 is 0 Å². The Hall–Kier alpha value is -0.0900. The van der Waals surface area contributed by atoms with E-state index >= 15 is 0 Å². The van der Waals surface area contributed by atoms with Crippen molar-refractivity contribution in [3.63, 3.8) is 0 Å². The van der Waals surface area contributed by atoms with Crippen molar-refractivity contribution < 1.29 is 13.2 Å². The summed E-state index contributed by atoms with van der Waals surface area (Å²) in [4.78, 5) is 10.7. The summed E-state index contributed by atoms with van der Waals surface area (Å²) in [6.07, 6.45) is 1.59. The van der Waals surface area contributed by atoms with Crippen LogP contribution in [0.1, 0.15) is 19.3 Å². The first-order valence-electron chi connectivity index (χ1n) is 3.85. The van der Waals surface area contributed by atoms with Crippen LogP contribution in [0.3, 0.4) is 0 Å². The van der Waals surface area contributed by atoms with Gasteiger partial charge in [0.25, 0.3) is 0 Å². The quantitative estimate of drug-likeness (QED) is 0.630. The summed E-state index contributed by atoms with van der Waals surface area (Å²) in [5.41, 5.74) is 0. The molecule has 3 nitrogen and oxygen atoms in total. The molecule has 0 aromatic carbocycles. The highest BCUT2D eigenvalue weighted by molar-refractivity contribution is 7.92. The maximum absolute atomic E-state index is 11.2. The van der Waals surface area contributed by atoms with Crippen LogP contribution >= 0.6 is 11.6 Å². The monoisotopic (exact) mass is 210 g/mol. The van der Waals surface area contributed by atoms with E-state index in [1.54, 1.807) is 0 Å². The molecule has 0 N–H and O–H groups in total. The van der Waals surface area contributed by atoms with Gasteiger partial charge in [0.15, 0.2) is 9.84 Å². The van der Waals surface area contributed by atoms with Gasteiger partial charge in [-0.25, -0.2) is 8.42 Å². The zero-order chi connectivity index (χ0) is 9.19. The number of rotatable bonds is 5. The largest absolute Gasteiger partial charge is 0.298 e. The molecule has 0 atom stereocenters. The third-order valence-corrected chi connectivity index (χ3v) is 4.41. The molecule has 1 fully saturated rings. The zero-order valence-electron chi connectivity index (χ0n) is 6.62. The van der Waals surface area contributed by atoms with Crippen LogP contribution in [0.15, 0.2) is 0 Å². The summed E-state index contributed by atoms with van der Waals surface area (Å²) in [6.45, 7) is 0. The summed E-state index contributed by atoms with van der Waals surface area (Å²) in [6, 6.07) is 0. The molecule has 1 aliphatic carbocycles. The molecule has 0 radical (unpaired) electrons. The zero-order valence-corrected chi connectivity index (χ0v) is 8.20. The van der Waals surface area contributed by atoms with Crippen LogP contribution in [0.25, 0.3) is 0 Å². The maximum atomic E-state index is 11.2. The molecule has 0 saturated heterocycles. The lowest BCUT2D eigenvalue weighted by Gasteiger charge is -1.99. The van der Waals surface area contributed by atoms with Crippen LogP contribution in [0.2, 0.25) is 0 Å². The number of alkyl halides is 1. The number of hydrogen-bond acceptors (Lipinski definition) is 3. The minimum atomic E-state index is -2.97. The van der Waals surface area contributed by atoms with Crippen LogP contribution in [0.5, 0.6) is 0 Å². The minimum absolute atomic E-state index is 0.0246. The van der Waals surface area contributed by atoms with Crippen molar-refractivity contribution in [3.05, 3.63) is 0 Å². The van der Waals surface area contributed by atoms with E-state index < -0.39 is 9.84 Å². The van der Waals surface area contributed by atoms with Gasteiger partial charge in [0.1, 0.15) is 5.78 Å². The lowest BCUT2D eigenvalue weighted by atomic mass is 10.3. The normalized spacial score (nSPS) is 17.8. The van der Waals surface area contributed by atoms with E-state index in [1.807, 2.05) is 0 Å². The van der Waals surface area contributed by atoms with E-state index in [4.69, 9.17) is 11.6 Å². The molecule has 0 heterocycles. The van der Waals surface area contributed by atoms with Crippen molar-refractivity contribution in [2.45, 2.75) is 24.5 Å². The van der Waals surface area contributed by atoms with Gasteiger partial charge in [-0.1, -0.05) is 0 Å². The average molecular weight is 211 g/mol. The number of carbonyl (C=O) groups is 1. The van der Waals surface area contributed by atoms with Gasteiger partial charge in [-0.05, 0) is 12.8 Å². The van der Waals surface area contributed by atoms with E-state index in [0.717, 1.165) is 12.8 Å². The molecule has 12 heavy (non-hydrogen) atoms. The molecular weight excluding hydrogens is 200 g/mol. The lowest BCUT2D eigenvalue weighted by molar-refractivity contribution is -0.116. The Morgan fingerprint density at radius 3 is 2.42 bits per heavy atom. The van der Waals surface area contributed by atoms with Gasteiger partial charge in [0.2, 0.25) is 0 Å². The summed E-state index contributed by atoms with van der Waals surface area (Å²) in [5.74, 6) is -0.301. The van der Waals surface area contributed by atoms with E-state index in [2.05, 4.69) is 0 Å². The number of carbonyl (C=O) groups excluding carboxylic acids is 1. The smallest absolute Gasteiger partial charge is 0.153 e. The Balaban J connectivity index is 2.35. The van der Waals surface area contributed by atoms with Crippen molar-refractivity contribution in [3.8, 4) is 0 Å². The van der Waals surface area contributed by atoms with Crippen LogP contribution in [-0.2, 0) is 14.6 Å². The molecule has 0 bridgehead atoms. The van der Waals surface area contributed by atoms with Gasteiger partial charge in [0, 0.05) is 6.42 Å².